The number of hydrogen-bond donors (Lipinski definition) is 2. The number of hydrazone groups is 1. The molecule has 0 bridgehead atoms. The number of pyridine rings is 1. The number of rotatable bonds is 1. The highest BCUT2D eigenvalue weighted by Crippen LogP contribution is 2.05. The highest BCUT2D eigenvalue weighted by Gasteiger charge is 2.26. The average Bonchev–Trinajstić information content (AvgIpc) is 2.49. The van der Waals surface area contributed by atoms with Crippen molar-refractivity contribution in [3.05, 3.63) is 30.1 Å². The van der Waals surface area contributed by atoms with Crippen LogP contribution in [-0.4, -0.2) is 22.6 Å². The Labute approximate surface area is 74.7 Å². The molecule has 0 fully saturated rings. The zero-order valence-electron chi connectivity index (χ0n) is 6.77. The standard InChI is InChI=1S/C8H8N4O/c9-6-7(11-12-8(6)13)5-1-3-10-4-2-5/h1-4,6H,9H2,(H,12,13). The molecule has 1 aromatic heterocycles. The van der Waals surface area contributed by atoms with Crippen LogP contribution < -0.4 is 11.2 Å². The Balaban J connectivity index is 2.34. The summed E-state index contributed by atoms with van der Waals surface area (Å²) >= 11 is 0. The molecular weight excluding hydrogens is 168 g/mol. The van der Waals surface area contributed by atoms with Crippen LogP contribution in [0.15, 0.2) is 29.6 Å². The maximum absolute atomic E-state index is 11.0. The van der Waals surface area contributed by atoms with E-state index in [1.165, 1.54) is 0 Å². The van der Waals surface area contributed by atoms with Crippen molar-refractivity contribution in [3.8, 4) is 0 Å². The SMILES string of the molecule is NC1C(=O)NN=C1c1ccncc1. The summed E-state index contributed by atoms with van der Waals surface area (Å²) in [6, 6.07) is 2.86. The number of carbonyl (C=O) groups is 1. The molecule has 13 heavy (non-hydrogen) atoms. The molecule has 0 aromatic carbocycles. The number of carbonyl (C=O) groups excluding carboxylic acids is 1. The van der Waals surface area contributed by atoms with E-state index < -0.39 is 6.04 Å². The van der Waals surface area contributed by atoms with Crippen LogP contribution >= 0.6 is 0 Å². The van der Waals surface area contributed by atoms with Crippen LogP contribution in [0.1, 0.15) is 5.56 Å². The van der Waals surface area contributed by atoms with Crippen LogP contribution in [-0.2, 0) is 4.79 Å². The van der Waals surface area contributed by atoms with Crippen LogP contribution in [0.3, 0.4) is 0 Å². The van der Waals surface area contributed by atoms with Crippen molar-refractivity contribution < 1.29 is 4.79 Å². The molecule has 2 heterocycles. The van der Waals surface area contributed by atoms with E-state index in [-0.39, 0.29) is 5.91 Å². The quantitative estimate of drug-likeness (QED) is 0.590. The Morgan fingerprint density at radius 1 is 1.38 bits per heavy atom. The minimum atomic E-state index is -0.664. The molecule has 1 aliphatic heterocycles. The van der Waals surface area contributed by atoms with Crippen LogP contribution in [0.25, 0.3) is 0 Å². The van der Waals surface area contributed by atoms with Crippen LogP contribution in [0.5, 0.6) is 0 Å². The lowest BCUT2D eigenvalue weighted by atomic mass is 10.1. The van der Waals surface area contributed by atoms with Crippen LogP contribution in [0, 0.1) is 0 Å². The molecule has 66 valence electrons. The Kier molecular flexibility index (Phi) is 1.79. The second kappa shape index (κ2) is 2.95. The molecule has 5 nitrogen and oxygen atoms in total. The number of amides is 1. The topological polar surface area (TPSA) is 80.4 Å². The van der Waals surface area contributed by atoms with Crippen molar-refractivity contribution in [2.24, 2.45) is 10.8 Å². The minimum absolute atomic E-state index is 0.271. The van der Waals surface area contributed by atoms with Gasteiger partial charge < -0.3 is 5.73 Å². The first kappa shape index (κ1) is 7.88. The summed E-state index contributed by atoms with van der Waals surface area (Å²) in [6.07, 6.45) is 3.26. The van der Waals surface area contributed by atoms with E-state index in [4.69, 9.17) is 5.73 Å². The summed E-state index contributed by atoms with van der Waals surface area (Å²) in [5, 5.41) is 3.83. The lowest BCUT2D eigenvalue weighted by Crippen LogP contribution is -2.37. The first-order chi connectivity index (χ1) is 6.29. The molecule has 0 aliphatic carbocycles. The average molecular weight is 176 g/mol. The monoisotopic (exact) mass is 176 g/mol. The first-order valence-corrected chi connectivity index (χ1v) is 3.82. The summed E-state index contributed by atoms with van der Waals surface area (Å²) in [5.74, 6) is -0.271. The number of nitrogens with zero attached hydrogens (tertiary/aromatic N) is 2. The van der Waals surface area contributed by atoms with Gasteiger partial charge in [-0.3, -0.25) is 9.78 Å². The summed E-state index contributed by atoms with van der Waals surface area (Å²) in [6.45, 7) is 0. The fourth-order valence-electron chi connectivity index (χ4n) is 1.15. The van der Waals surface area contributed by atoms with Crippen molar-refractivity contribution >= 4 is 11.6 Å². The van der Waals surface area contributed by atoms with Crippen LogP contribution in [0.2, 0.25) is 0 Å². The summed E-state index contributed by atoms with van der Waals surface area (Å²) in [7, 11) is 0. The second-order valence-electron chi connectivity index (χ2n) is 2.69. The number of nitrogens with one attached hydrogen (secondary N) is 1. The summed E-state index contributed by atoms with van der Waals surface area (Å²) in [4.78, 5) is 14.9. The van der Waals surface area contributed by atoms with Gasteiger partial charge in [0.1, 0.15) is 6.04 Å². The van der Waals surface area contributed by atoms with Gasteiger partial charge in [-0.05, 0) is 12.1 Å². The Hall–Kier alpha value is -1.75. The van der Waals surface area contributed by atoms with Crippen molar-refractivity contribution in [1.82, 2.24) is 10.4 Å². The largest absolute Gasteiger partial charge is 0.315 e. The lowest BCUT2D eigenvalue weighted by molar-refractivity contribution is -0.120. The normalized spacial score (nSPS) is 21.2. The van der Waals surface area contributed by atoms with Gasteiger partial charge in [-0.1, -0.05) is 0 Å². The van der Waals surface area contributed by atoms with E-state index in [1.807, 2.05) is 0 Å². The number of nitrogens with two attached hydrogens (primary N) is 1. The Morgan fingerprint density at radius 2 is 2.08 bits per heavy atom. The molecule has 1 aliphatic rings. The fraction of sp³-hybridized carbons (Fsp3) is 0.125. The lowest BCUT2D eigenvalue weighted by Gasteiger charge is -2.02. The van der Waals surface area contributed by atoms with Gasteiger partial charge in [0.25, 0.3) is 5.91 Å². The van der Waals surface area contributed by atoms with E-state index >= 15 is 0 Å². The maximum atomic E-state index is 11.0. The van der Waals surface area contributed by atoms with Crippen molar-refractivity contribution in [2.75, 3.05) is 0 Å². The predicted octanol–water partition coefficient (Wildman–Crippen LogP) is -0.757. The first-order valence-electron chi connectivity index (χ1n) is 3.82. The molecule has 5 heteroatoms. The highest BCUT2D eigenvalue weighted by molar-refractivity contribution is 6.19. The van der Waals surface area contributed by atoms with Gasteiger partial charge in [0.15, 0.2) is 0 Å². The van der Waals surface area contributed by atoms with E-state index in [0.29, 0.717) is 5.71 Å². The van der Waals surface area contributed by atoms with Crippen molar-refractivity contribution in [1.29, 1.82) is 0 Å². The maximum Gasteiger partial charge on any atom is 0.263 e. The molecule has 0 spiro atoms. The molecule has 2 rings (SSSR count). The van der Waals surface area contributed by atoms with Gasteiger partial charge in [0, 0.05) is 18.0 Å². The van der Waals surface area contributed by atoms with Gasteiger partial charge in [0.05, 0.1) is 5.71 Å². The highest BCUT2D eigenvalue weighted by atomic mass is 16.2. The molecule has 1 aromatic rings. The smallest absolute Gasteiger partial charge is 0.263 e. The predicted molar refractivity (Wildman–Crippen MR) is 46.9 cm³/mol. The summed E-state index contributed by atoms with van der Waals surface area (Å²) in [5.41, 5.74) is 9.30. The molecule has 3 N–H and O–H groups in total. The zero-order valence-corrected chi connectivity index (χ0v) is 6.77. The van der Waals surface area contributed by atoms with Crippen LogP contribution in [0.4, 0.5) is 0 Å². The van der Waals surface area contributed by atoms with Crippen molar-refractivity contribution in [2.45, 2.75) is 6.04 Å². The van der Waals surface area contributed by atoms with Gasteiger partial charge in [-0.25, -0.2) is 5.43 Å². The second-order valence-corrected chi connectivity index (χ2v) is 2.69. The van der Waals surface area contributed by atoms with E-state index in [0.717, 1.165) is 5.56 Å². The third kappa shape index (κ3) is 1.29. The minimum Gasteiger partial charge on any atom is -0.315 e. The van der Waals surface area contributed by atoms with Gasteiger partial charge in [-0.2, -0.15) is 5.10 Å². The molecule has 1 unspecified atom stereocenters. The molecule has 0 radical (unpaired) electrons. The Morgan fingerprint density at radius 3 is 2.62 bits per heavy atom. The van der Waals surface area contributed by atoms with E-state index in [2.05, 4.69) is 15.5 Å². The Bertz CT molecular complexity index is 360. The third-order valence-electron chi connectivity index (χ3n) is 1.84. The molecular formula is C8H8N4O. The fourth-order valence-corrected chi connectivity index (χ4v) is 1.15. The number of aromatic nitrogens is 1. The third-order valence-corrected chi connectivity index (χ3v) is 1.84. The van der Waals surface area contributed by atoms with E-state index in [1.54, 1.807) is 24.5 Å². The number of hydrogen-bond acceptors (Lipinski definition) is 4. The van der Waals surface area contributed by atoms with E-state index in [9.17, 15) is 4.79 Å². The zero-order chi connectivity index (χ0) is 9.26. The van der Waals surface area contributed by atoms with Gasteiger partial charge >= 0.3 is 0 Å². The van der Waals surface area contributed by atoms with Crippen molar-refractivity contribution in [3.63, 3.8) is 0 Å². The van der Waals surface area contributed by atoms with Gasteiger partial charge in [-0.15, -0.1) is 0 Å². The summed E-state index contributed by atoms with van der Waals surface area (Å²) < 4.78 is 0. The molecule has 0 saturated carbocycles. The molecule has 0 saturated heterocycles. The van der Waals surface area contributed by atoms with Gasteiger partial charge in [0.2, 0.25) is 0 Å². The molecule has 1 amide bonds. The molecule has 1 atom stereocenters.